The molecule has 2 heterocycles. The molecular weight excluding hydrogens is 434 g/mol. The normalized spacial score (nSPS) is 14.4. The van der Waals surface area contributed by atoms with Crippen LogP contribution in [-0.4, -0.2) is 55.7 Å². The van der Waals surface area contributed by atoms with Gasteiger partial charge in [0.05, 0.1) is 23.9 Å². The van der Waals surface area contributed by atoms with Crippen molar-refractivity contribution >= 4 is 50.3 Å². The monoisotopic (exact) mass is 457 g/mol. The van der Waals surface area contributed by atoms with Crippen LogP contribution >= 0.6 is 22.9 Å². The molecular formula is C23H24ClN3O3S. The molecule has 4 rings (SSSR count). The number of nitrogens with zero attached hydrogens (tertiary/aromatic N) is 3. The van der Waals surface area contributed by atoms with Crippen molar-refractivity contribution in [1.82, 2.24) is 9.88 Å². The highest BCUT2D eigenvalue weighted by Crippen LogP contribution is 2.31. The molecule has 0 saturated carbocycles. The SMILES string of the molecule is CCOc1ccc(/C=C/C(=O)N2CCN(c3nc4ccc(Cl)cc4s3)CC2)cc1OC. The Hall–Kier alpha value is -2.77. The second kappa shape index (κ2) is 9.58. The number of anilines is 1. The van der Waals surface area contributed by atoms with Crippen LogP contribution in [0.5, 0.6) is 11.5 Å². The maximum Gasteiger partial charge on any atom is 0.246 e. The van der Waals surface area contributed by atoms with Gasteiger partial charge in [-0.2, -0.15) is 0 Å². The van der Waals surface area contributed by atoms with Crippen LogP contribution in [0.25, 0.3) is 16.3 Å². The summed E-state index contributed by atoms with van der Waals surface area (Å²) in [5.41, 5.74) is 1.84. The third-order valence-corrected chi connectivity index (χ3v) is 6.42. The minimum Gasteiger partial charge on any atom is -0.493 e. The zero-order chi connectivity index (χ0) is 21.8. The Kier molecular flexibility index (Phi) is 6.63. The average Bonchev–Trinajstić information content (AvgIpc) is 3.21. The second-order valence-electron chi connectivity index (χ2n) is 7.10. The summed E-state index contributed by atoms with van der Waals surface area (Å²) >= 11 is 7.72. The van der Waals surface area contributed by atoms with Crippen molar-refractivity contribution in [2.24, 2.45) is 0 Å². The van der Waals surface area contributed by atoms with Crippen molar-refractivity contribution in [3.05, 3.63) is 53.1 Å². The first kappa shape index (κ1) is 21.5. The van der Waals surface area contributed by atoms with E-state index in [0.29, 0.717) is 31.2 Å². The van der Waals surface area contributed by atoms with Crippen LogP contribution in [-0.2, 0) is 4.79 Å². The quantitative estimate of drug-likeness (QED) is 0.501. The van der Waals surface area contributed by atoms with Crippen molar-refractivity contribution in [3.63, 3.8) is 0 Å². The van der Waals surface area contributed by atoms with Gasteiger partial charge in [-0.3, -0.25) is 4.79 Å². The number of fused-ring (bicyclic) bond motifs is 1. The summed E-state index contributed by atoms with van der Waals surface area (Å²) in [4.78, 5) is 21.4. The maximum atomic E-state index is 12.7. The smallest absolute Gasteiger partial charge is 0.246 e. The number of carbonyl (C=O) groups is 1. The highest BCUT2D eigenvalue weighted by molar-refractivity contribution is 7.22. The molecule has 1 aliphatic heterocycles. The van der Waals surface area contributed by atoms with Crippen molar-refractivity contribution in [2.45, 2.75) is 6.92 Å². The number of piperazine rings is 1. The van der Waals surface area contributed by atoms with Gasteiger partial charge in [-0.15, -0.1) is 0 Å². The molecule has 1 saturated heterocycles. The van der Waals surface area contributed by atoms with E-state index in [4.69, 9.17) is 26.1 Å². The number of hydrogen-bond donors (Lipinski definition) is 0. The van der Waals surface area contributed by atoms with Crippen LogP contribution in [0.4, 0.5) is 5.13 Å². The number of thiazole rings is 1. The molecule has 0 bridgehead atoms. The fourth-order valence-corrected chi connectivity index (χ4v) is 4.77. The van der Waals surface area contributed by atoms with E-state index >= 15 is 0 Å². The lowest BCUT2D eigenvalue weighted by atomic mass is 10.2. The van der Waals surface area contributed by atoms with Gasteiger partial charge in [-0.25, -0.2) is 4.98 Å². The van der Waals surface area contributed by atoms with E-state index in [0.717, 1.165) is 39.0 Å². The fraction of sp³-hybridized carbons (Fsp3) is 0.304. The summed E-state index contributed by atoms with van der Waals surface area (Å²) in [5.74, 6) is 1.35. The lowest BCUT2D eigenvalue weighted by molar-refractivity contribution is -0.126. The molecule has 0 radical (unpaired) electrons. The number of benzene rings is 2. The number of methoxy groups -OCH3 is 1. The Morgan fingerprint density at radius 3 is 2.71 bits per heavy atom. The molecule has 31 heavy (non-hydrogen) atoms. The molecule has 1 amide bonds. The highest BCUT2D eigenvalue weighted by atomic mass is 35.5. The largest absolute Gasteiger partial charge is 0.493 e. The number of amides is 1. The maximum absolute atomic E-state index is 12.7. The zero-order valence-electron chi connectivity index (χ0n) is 17.5. The minimum atomic E-state index is 0.00332. The lowest BCUT2D eigenvalue weighted by Gasteiger charge is -2.34. The van der Waals surface area contributed by atoms with E-state index in [-0.39, 0.29) is 5.91 Å². The zero-order valence-corrected chi connectivity index (χ0v) is 19.1. The van der Waals surface area contributed by atoms with Crippen LogP contribution in [0.1, 0.15) is 12.5 Å². The molecule has 0 spiro atoms. The summed E-state index contributed by atoms with van der Waals surface area (Å²) < 4.78 is 12.0. The summed E-state index contributed by atoms with van der Waals surface area (Å²) in [7, 11) is 1.61. The Morgan fingerprint density at radius 1 is 1.16 bits per heavy atom. The third kappa shape index (κ3) is 4.94. The second-order valence-corrected chi connectivity index (χ2v) is 8.54. The molecule has 3 aromatic rings. The van der Waals surface area contributed by atoms with Crippen molar-refractivity contribution in [3.8, 4) is 11.5 Å². The molecule has 8 heteroatoms. The molecule has 0 atom stereocenters. The van der Waals surface area contributed by atoms with Gasteiger partial charge in [0.25, 0.3) is 0 Å². The van der Waals surface area contributed by atoms with E-state index < -0.39 is 0 Å². The molecule has 162 valence electrons. The molecule has 2 aromatic carbocycles. The molecule has 1 fully saturated rings. The summed E-state index contributed by atoms with van der Waals surface area (Å²) in [5, 5.41) is 1.69. The molecule has 0 N–H and O–H groups in total. The molecule has 0 aliphatic carbocycles. The van der Waals surface area contributed by atoms with E-state index in [9.17, 15) is 4.79 Å². The number of halogens is 1. The lowest BCUT2D eigenvalue weighted by Crippen LogP contribution is -2.48. The van der Waals surface area contributed by atoms with Gasteiger partial charge in [-0.1, -0.05) is 29.0 Å². The number of hydrogen-bond acceptors (Lipinski definition) is 6. The average molecular weight is 458 g/mol. The summed E-state index contributed by atoms with van der Waals surface area (Å²) in [6.45, 7) is 5.33. The van der Waals surface area contributed by atoms with E-state index in [2.05, 4.69) is 4.90 Å². The van der Waals surface area contributed by atoms with Crippen molar-refractivity contribution in [2.75, 3.05) is 44.8 Å². The first-order chi connectivity index (χ1) is 15.1. The van der Waals surface area contributed by atoms with Crippen LogP contribution < -0.4 is 14.4 Å². The van der Waals surface area contributed by atoms with Gasteiger partial charge in [0.1, 0.15) is 0 Å². The van der Waals surface area contributed by atoms with Gasteiger partial charge in [0, 0.05) is 37.3 Å². The van der Waals surface area contributed by atoms with Gasteiger partial charge < -0.3 is 19.3 Å². The number of carbonyl (C=O) groups excluding carboxylic acids is 1. The standard InChI is InChI=1S/C23H24ClN3O3S/c1-3-30-19-8-4-16(14-20(19)29-2)5-9-22(28)26-10-12-27(13-11-26)23-25-18-7-6-17(24)15-21(18)31-23/h4-9,14-15H,3,10-13H2,1-2H3/b9-5+. The van der Waals surface area contributed by atoms with Gasteiger partial charge >= 0.3 is 0 Å². The van der Waals surface area contributed by atoms with Gasteiger partial charge in [-0.05, 0) is 48.9 Å². The number of rotatable bonds is 6. The Labute approximate surface area is 190 Å². The van der Waals surface area contributed by atoms with E-state index in [1.54, 1.807) is 24.5 Å². The van der Waals surface area contributed by atoms with E-state index in [1.807, 2.05) is 54.3 Å². The molecule has 6 nitrogen and oxygen atoms in total. The summed E-state index contributed by atoms with van der Waals surface area (Å²) in [6.07, 6.45) is 3.43. The summed E-state index contributed by atoms with van der Waals surface area (Å²) in [6, 6.07) is 11.4. The van der Waals surface area contributed by atoms with Gasteiger partial charge in [0.2, 0.25) is 5.91 Å². The van der Waals surface area contributed by atoms with Crippen LogP contribution in [0.3, 0.4) is 0 Å². The third-order valence-electron chi connectivity index (χ3n) is 5.11. The highest BCUT2D eigenvalue weighted by Gasteiger charge is 2.22. The topological polar surface area (TPSA) is 54.9 Å². The Balaban J connectivity index is 1.36. The predicted molar refractivity (Wildman–Crippen MR) is 127 cm³/mol. The Bertz CT molecular complexity index is 1110. The Morgan fingerprint density at radius 2 is 1.97 bits per heavy atom. The molecule has 1 aromatic heterocycles. The van der Waals surface area contributed by atoms with Crippen molar-refractivity contribution < 1.29 is 14.3 Å². The first-order valence-corrected chi connectivity index (χ1v) is 11.4. The van der Waals surface area contributed by atoms with Crippen LogP contribution in [0.15, 0.2) is 42.5 Å². The van der Waals surface area contributed by atoms with Crippen molar-refractivity contribution in [1.29, 1.82) is 0 Å². The molecule has 0 unspecified atom stereocenters. The van der Waals surface area contributed by atoms with Crippen LogP contribution in [0, 0.1) is 0 Å². The predicted octanol–water partition coefficient (Wildman–Crippen LogP) is 4.72. The van der Waals surface area contributed by atoms with Gasteiger partial charge in [0.15, 0.2) is 16.6 Å². The number of aromatic nitrogens is 1. The van der Waals surface area contributed by atoms with Crippen LogP contribution in [0.2, 0.25) is 5.02 Å². The van der Waals surface area contributed by atoms with E-state index in [1.165, 1.54) is 0 Å². The number of ether oxygens (including phenoxy) is 2. The minimum absolute atomic E-state index is 0.00332. The molecule has 1 aliphatic rings. The fourth-order valence-electron chi connectivity index (χ4n) is 3.48. The first-order valence-electron chi connectivity index (χ1n) is 10.2.